The summed E-state index contributed by atoms with van der Waals surface area (Å²) in [5.74, 6) is -0.507. The Morgan fingerprint density at radius 1 is 1.22 bits per heavy atom. The van der Waals surface area contributed by atoms with E-state index in [9.17, 15) is 9.59 Å². The van der Waals surface area contributed by atoms with Crippen LogP contribution in [0.3, 0.4) is 0 Å². The van der Waals surface area contributed by atoms with Crippen LogP contribution in [0.25, 0.3) is 0 Å². The Kier molecular flexibility index (Phi) is 5.65. The molecule has 142 valence electrons. The van der Waals surface area contributed by atoms with Crippen molar-refractivity contribution < 1.29 is 18.7 Å². The van der Waals surface area contributed by atoms with Crippen LogP contribution < -0.4 is 0 Å². The first-order chi connectivity index (χ1) is 12.9. The van der Waals surface area contributed by atoms with Gasteiger partial charge >= 0.3 is 5.97 Å². The number of ether oxygens (including phenoxy) is 1. The fraction of sp³-hybridized carbons (Fsp3) is 0.350. The minimum atomic E-state index is -0.939. The summed E-state index contributed by atoms with van der Waals surface area (Å²) in [5, 5.41) is 6.48. The van der Waals surface area contributed by atoms with E-state index in [4.69, 9.17) is 20.8 Å². The van der Waals surface area contributed by atoms with E-state index < -0.39 is 24.0 Å². The maximum atomic E-state index is 12.9. The quantitative estimate of drug-likeness (QED) is 0.719. The van der Waals surface area contributed by atoms with E-state index >= 15 is 0 Å². The largest absolute Gasteiger partial charge is 0.467 e. The number of hydrogen-bond acceptors (Lipinski definition) is 5. The van der Waals surface area contributed by atoms with Crippen LogP contribution in [0, 0.1) is 5.92 Å². The van der Waals surface area contributed by atoms with Gasteiger partial charge in [-0.15, -0.1) is 0 Å². The Bertz CT molecular complexity index is 843. The predicted molar refractivity (Wildman–Crippen MR) is 101 cm³/mol. The van der Waals surface area contributed by atoms with Gasteiger partial charge in [-0.25, -0.2) is 5.01 Å². The molecular weight excluding hydrogens is 368 g/mol. The molecule has 0 aliphatic carbocycles. The second-order valence-electron chi connectivity index (χ2n) is 6.71. The summed E-state index contributed by atoms with van der Waals surface area (Å²) < 4.78 is 10.8. The minimum Gasteiger partial charge on any atom is -0.467 e. The average molecular weight is 389 g/mol. The molecule has 0 bridgehead atoms. The third-order valence-electron chi connectivity index (χ3n) is 4.30. The van der Waals surface area contributed by atoms with Crippen molar-refractivity contribution in [2.24, 2.45) is 11.0 Å². The van der Waals surface area contributed by atoms with Crippen molar-refractivity contribution in [3.8, 4) is 0 Å². The van der Waals surface area contributed by atoms with Gasteiger partial charge in [0.15, 0.2) is 6.10 Å². The molecule has 0 spiro atoms. The molecule has 0 saturated heterocycles. The fourth-order valence-electron chi connectivity index (χ4n) is 2.78. The number of carbonyl (C=O) groups is 2. The van der Waals surface area contributed by atoms with E-state index in [0.29, 0.717) is 17.2 Å². The minimum absolute atomic E-state index is 0.312. The van der Waals surface area contributed by atoms with Gasteiger partial charge in [-0.1, -0.05) is 37.6 Å². The molecule has 1 aromatic heterocycles. The molecule has 3 rings (SSSR count). The molecule has 27 heavy (non-hydrogen) atoms. The molecular formula is C20H21ClN2O4. The van der Waals surface area contributed by atoms with Crippen LogP contribution >= 0.6 is 11.6 Å². The zero-order valence-electron chi connectivity index (χ0n) is 15.4. The van der Waals surface area contributed by atoms with Crippen LogP contribution in [0.5, 0.6) is 0 Å². The molecule has 1 aliphatic rings. The van der Waals surface area contributed by atoms with Crippen LogP contribution in [0.15, 0.2) is 52.2 Å². The summed E-state index contributed by atoms with van der Waals surface area (Å²) in [4.78, 5) is 24.8. The van der Waals surface area contributed by atoms with Crippen LogP contribution in [0.1, 0.15) is 44.6 Å². The Morgan fingerprint density at radius 3 is 2.52 bits per heavy atom. The number of amides is 1. The smallest absolute Gasteiger partial charge is 0.309 e. The summed E-state index contributed by atoms with van der Waals surface area (Å²) in [6.45, 7) is 4.99. The van der Waals surface area contributed by atoms with Crippen molar-refractivity contribution in [1.29, 1.82) is 0 Å². The highest BCUT2D eigenvalue weighted by atomic mass is 35.5. The van der Waals surface area contributed by atoms with Crippen molar-refractivity contribution in [2.75, 3.05) is 0 Å². The molecule has 1 aliphatic heterocycles. The average Bonchev–Trinajstić information content (AvgIpc) is 3.31. The molecule has 2 atom stereocenters. The lowest BCUT2D eigenvalue weighted by molar-refractivity contribution is -0.162. The molecule has 6 nitrogen and oxygen atoms in total. The Hall–Kier alpha value is -2.60. The van der Waals surface area contributed by atoms with Gasteiger partial charge in [-0.2, -0.15) is 5.10 Å². The summed E-state index contributed by atoms with van der Waals surface area (Å²) in [7, 11) is 0. The van der Waals surface area contributed by atoms with Crippen LogP contribution in [0.4, 0.5) is 0 Å². The van der Waals surface area contributed by atoms with E-state index in [0.717, 1.165) is 11.3 Å². The van der Waals surface area contributed by atoms with Crippen LogP contribution in [0.2, 0.25) is 5.02 Å². The monoisotopic (exact) mass is 388 g/mol. The van der Waals surface area contributed by atoms with Gasteiger partial charge in [0.1, 0.15) is 11.8 Å². The van der Waals surface area contributed by atoms with E-state index in [1.807, 2.05) is 12.1 Å². The maximum absolute atomic E-state index is 12.9. The predicted octanol–water partition coefficient (Wildman–Crippen LogP) is 4.20. The second kappa shape index (κ2) is 7.96. The number of furan rings is 1. The highest BCUT2D eigenvalue weighted by Gasteiger charge is 2.37. The Labute approximate surface area is 162 Å². The van der Waals surface area contributed by atoms with E-state index in [1.54, 1.807) is 51.3 Å². The molecule has 7 heteroatoms. The number of carbonyl (C=O) groups excluding carboxylic acids is 2. The maximum Gasteiger partial charge on any atom is 0.309 e. The molecule has 2 aromatic rings. The first-order valence-corrected chi connectivity index (χ1v) is 9.15. The summed E-state index contributed by atoms with van der Waals surface area (Å²) in [5.41, 5.74) is 1.61. The number of rotatable bonds is 5. The molecule has 0 saturated carbocycles. The van der Waals surface area contributed by atoms with Crippen LogP contribution in [-0.4, -0.2) is 28.7 Å². The van der Waals surface area contributed by atoms with Gasteiger partial charge in [-0.05, 0) is 36.8 Å². The second-order valence-corrected chi connectivity index (χ2v) is 7.14. The third-order valence-corrected chi connectivity index (χ3v) is 4.55. The standard InChI is InChI=1S/C20H21ClN2O4/c1-12(2)20(25)27-13(3)19(24)23-17(18-5-4-10-26-18)11-16(22-23)14-6-8-15(21)9-7-14/h4-10,12-13,17H,11H2,1-3H3/t13-,17+/m0/s1. The summed E-state index contributed by atoms with van der Waals surface area (Å²) in [6, 6.07) is 10.4. The first kappa shape index (κ1) is 19.2. The van der Waals surface area contributed by atoms with Gasteiger partial charge in [0.05, 0.1) is 17.9 Å². The summed E-state index contributed by atoms with van der Waals surface area (Å²) in [6.07, 6.45) is 1.11. The lowest BCUT2D eigenvalue weighted by Crippen LogP contribution is -2.37. The molecule has 1 amide bonds. The highest BCUT2D eigenvalue weighted by molar-refractivity contribution is 6.30. The fourth-order valence-corrected chi connectivity index (χ4v) is 2.91. The lowest BCUT2D eigenvalue weighted by Gasteiger charge is -2.23. The molecule has 0 fully saturated rings. The van der Waals surface area contributed by atoms with Crippen molar-refractivity contribution in [3.63, 3.8) is 0 Å². The number of benzene rings is 1. The highest BCUT2D eigenvalue weighted by Crippen LogP contribution is 2.34. The number of hydrogen-bond donors (Lipinski definition) is 0. The Morgan fingerprint density at radius 2 is 1.93 bits per heavy atom. The van der Waals surface area contributed by atoms with Gasteiger partial charge in [0, 0.05) is 11.4 Å². The van der Waals surface area contributed by atoms with Crippen LogP contribution in [-0.2, 0) is 14.3 Å². The van der Waals surface area contributed by atoms with E-state index in [2.05, 4.69) is 5.10 Å². The molecule has 0 N–H and O–H groups in total. The number of hydrazone groups is 1. The van der Waals surface area contributed by atoms with Gasteiger partial charge in [0.2, 0.25) is 0 Å². The number of halogens is 1. The summed E-state index contributed by atoms with van der Waals surface area (Å²) >= 11 is 5.95. The Balaban J connectivity index is 1.86. The number of esters is 1. The zero-order valence-corrected chi connectivity index (χ0v) is 16.1. The molecule has 1 aromatic carbocycles. The first-order valence-electron chi connectivity index (χ1n) is 8.77. The van der Waals surface area contributed by atoms with E-state index in [-0.39, 0.29) is 5.92 Å². The molecule has 2 heterocycles. The number of nitrogens with zero attached hydrogens (tertiary/aromatic N) is 2. The SMILES string of the molecule is CC(C)C(=O)O[C@@H](C)C(=O)N1N=C(c2ccc(Cl)cc2)C[C@@H]1c1ccco1. The molecule has 0 unspecified atom stereocenters. The lowest BCUT2D eigenvalue weighted by atomic mass is 10.0. The van der Waals surface area contributed by atoms with Gasteiger partial charge in [-0.3, -0.25) is 9.59 Å². The zero-order chi connectivity index (χ0) is 19.6. The van der Waals surface area contributed by atoms with Crippen molar-refractivity contribution in [2.45, 2.75) is 39.3 Å². The van der Waals surface area contributed by atoms with Crippen molar-refractivity contribution in [1.82, 2.24) is 5.01 Å². The van der Waals surface area contributed by atoms with E-state index in [1.165, 1.54) is 5.01 Å². The topological polar surface area (TPSA) is 72.1 Å². The normalized spacial score (nSPS) is 17.7. The van der Waals surface area contributed by atoms with Gasteiger partial charge < -0.3 is 9.15 Å². The third kappa shape index (κ3) is 4.22. The van der Waals surface area contributed by atoms with Crippen molar-refractivity contribution in [3.05, 3.63) is 59.0 Å². The van der Waals surface area contributed by atoms with Gasteiger partial charge in [0.25, 0.3) is 5.91 Å². The molecule has 0 radical (unpaired) electrons. The van der Waals surface area contributed by atoms with Crippen molar-refractivity contribution >= 4 is 29.2 Å².